The van der Waals surface area contributed by atoms with Crippen LogP contribution in [0.3, 0.4) is 0 Å². The van der Waals surface area contributed by atoms with E-state index in [4.69, 9.17) is 22.0 Å². The lowest BCUT2D eigenvalue weighted by Crippen LogP contribution is -2.51. The molecule has 2 amide bonds. The summed E-state index contributed by atoms with van der Waals surface area (Å²) in [5.41, 5.74) is 12.1. The molecule has 0 fully saturated rings. The van der Waals surface area contributed by atoms with Crippen molar-refractivity contribution in [2.24, 2.45) is 11.5 Å². The van der Waals surface area contributed by atoms with Crippen molar-refractivity contribution in [2.75, 3.05) is 6.54 Å². The minimum Gasteiger partial charge on any atom is -0.481 e. The first-order valence-electron chi connectivity index (χ1n) is 12.7. The number of carbonyl (C=O) groups is 6. The van der Waals surface area contributed by atoms with Crippen molar-refractivity contribution in [1.82, 2.24) is 10.4 Å². The van der Waals surface area contributed by atoms with Gasteiger partial charge in [0.2, 0.25) is 5.91 Å². The van der Waals surface area contributed by atoms with Gasteiger partial charge in [0.15, 0.2) is 6.04 Å². The molecule has 0 aliphatic rings. The molecule has 14 nitrogen and oxygen atoms in total. The second-order valence-corrected chi connectivity index (χ2v) is 9.13. The standard InChI is InChI=1S/C27H28F3N5O9/c28-27(29,30)26(42)44-35(21(37)14-20(36)34-11-10-15-6-8-17(9-7-15)23(32)33)19(12-16-4-2-1-3-5-16)25(41)43-24(40)18(31)13-22(38)39/h1-9,18-19H,10-14,31H2,(H3,32,33)(H,34,36)(H,38,39)/t18-,19-/m0/s1. The first-order valence-corrected chi connectivity index (χ1v) is 12.7. The van der Waals surface area contributed by atoms with E-state index in [9.17, 15) is 41.9 Å². The molecule has 7 N–H and O–H groups in total. The zero-order chi connectivity index (χ0) is 33.0. The Hall–Kier alpha value is -5.32. The smallest absolute Gasteiger partial charge is 0.481 e. The Balaban J connectivity index is 2.27. The van der Waals surface area contributed by atoms with Gasteiger partial charge in [-0.2, -0.15) is 18.2 Å². The fourth-order valence-corrected chi connectivity index (χ4v) is 3.52. The van der Waals surface area contributed by atoms with Gasteiger partial charge in [0, 0.05) is 18.5 Å². The highest BCUT2D eigenvalue weighted by molar-refractivity contribution is 6.00. The van der Waals surface area contributed by atoms with Crippen LogP contribution in [0.5, 0.6) is 0 Å². The molecule has 2 atom stereocenters. The number of nitrogen functional groups attached to an aromatic ring is 1. The van der Waals surface area contributed by atoms with Crippen LogP contribution in [0.4, 0.5) is 13.2 Å². The molecule has 2 aromatic rings. The number of hydrogen-bond acceptors (Lipinski definition) is 10. The van der Waals surface area contributed by atoms with Gasteiger partial charge in [0.05, 0.1) is 6.42 Å². The number of alkyl halides is 3. The van der Waals surface area contributed by atoms with Crippen LogP contribution in [-0.4, -0.2) is 76.5 Å². The summed E-state index contributed by atoms with van der Waals surface area (Å²) in [5.74, 6) is -10.5. The highest BCUT2D eigenvalue weighted by Crippen LogP contribution is 2.21. The van der Waals surface area contributed by atoms with Gasteiger partial charge in [0.25, 0.3) is 5.91 Å². The third kappa shape index (κ3) is 11.2. The van der Waals surface area contributed by atoms with Crippen molar-refractivity contribution < 1.29 is 56.6 Å². The van der Waals surface area contributed by atoms with Crippen molar-refractivity contribution in [3.05, 3.63) is 71.3 Å². The molecule has 0 radical (unpaired) electrons. The number of carboxylic acid groups (broad SMARTS) is 1. The number of hydroxylamine groups is 2. The van der Waals surface area contributed by atoms with Gasteiger partial charge >= 0.3 is 30.1 Å². The van der Waals surface area contributed by atoms with Crippen LogP contribution in [0.2, 0.25) is 0 Å². The summed E-state index contributed by atoms with van der Waals surface area (Å²) in [6.07, 6.45) is -8.22. The van der Waals surface area contributed by atoms with Gasteiger partial charge in [-0.05, 0) is 17.5 Å². The number of benzene rings is 2. The Morgan fingerprint density at radius 2 is 1.57 bits per heavy atom. The molecule has 0 spiro atoms. The molecule has 0 aromatic heterocycles. The third-order valence-electron chi connectivity index (χ3n) is 5.70. The van der Waals surface area contributed by atoms with Gasteiger partial charge in [0.1, 0.15) is 18.3 Å². The Morgan fingerprint density at radius 3 is 2.11 bits per heavy atom. The molecule has 17 heteroatoms. The number of rotatable bonds is 13. The third-order valence-corrected chi connectivity index (χ3v) is 5.70. The first kappa shape index (κ1) is 34.9. The number of nitrogens with one attached hydrogen (secondary N) is 2. The lowest BCUT2D eigenvalue weighted by Gasteiger charge is -2.28. The largest absolute Gasteiger partial charge is 0.493 e. The molecule has 0 saturated heterocycles. The Morgan fingerprint density at radius 1 is 0.955 bits per heavy atom. The van der Waals surface area contributed by atoms with Crippen LogP contribution in [0.15, 0.2) is 54.6 Å². The van der Waals surface area contributed by atoms with Crippen molar-refractivity contribution in [3.8, 4) is 0 Å². The Bertz CT molecular complexity index is 1390. The SMILES string of the molecule is N=C(N)c1ccc(CCNC(=O)CC(=O)N(OC(=O)C(F)(F)F)[C@@H](Cc2ccccc2)C(=O)OC(=O)[C@@H](N)CC(=O)O)cc1. The zero-order valence-electron chi connectivity index (χ0n) is 22.8. The normalized spacial score (nSPS) is 12.3. The van der Waals surface area contributed by atoms with Crippen molar-refractivity contribution in [3.63, 3.8) is 0 Å². The topological polar surface area (TPSA) is 232 Å². The number of esters is 2. The molecule has 2 aromatic carbocycles. The summed E-state index contributed by atoms with van der Waals surface area (Å²) in [6.45, 7) is -0.0423. The van der Waals surface area contributed by atoms with Crippen LogP contribution in [0, 0.1) is 5.41 Å². The molecule has 0 bridgehead atoms. The van der Waals surface area contributed by atoms with Gasteiger partial charge in [-0.15, -0.1) is 0 Å². The maximum atomic E-state index is 13.1. The molecule has 236 valence electrons. The average molecular weight is 624 g/mol. The van der Waals surface area contributed by atoms with E-state index in [0.29, 0.717) is 11.1 Å². The number of amides is 2. The van der Waals surface area contributed by atoms with Gasteiger partial charge in [-0.25, -0.2) is 14.4 Å². The fraction of sp³-hybridized carbons (Fsp3) is 0.296. The van der Waals surface area contributed by atoms with E-state index < -0.39 is 73.2 Å². The van der Waals surface area contributed by atoms with E-state index in [1.54, 1.807) is 30.3 Å². The van der Waals surface area contributed by atoms with E-state index in [1.807, 2.05) is 0 Å². The summed E-state index contributed by atoms with van der Waals surface area (Å²) in [5, 5.41) is 18.3. The highest BCUT2D eigenvalue weighted by Gasteiger charge is 2.46. The molecule has 0 saturated carbocycles. The van der Waals surface area contributed by atoms with E-state index in [0.717, 1.165) is 0 Å². The molecule has 44 heavy (non-hydrogen) atoms. The lowest BCUT2D eigenvalue weighted by molar-refractivity contribution is -0.244. The summed E-state index contributed by atoms with van der Waals surface area (Å²) in [6, 6.07) is 9.60. The second-order valence-electron chi connectivity index (χ2n) is 9.13. The van der Waals surface area contributed by atoms with E-state index in [-0.39, 0.29) is 29.4 Å². The quantitative estimate of drug-likeness (QED) is 0.0672. The lowest BCUT2D eigenvalue weighted by atomic mass is 10.1. The van der Waals surface area contributed by atoms with Crippen LogP contribution < -0.4 is 16.8 Å². The summed E-state index contributed by atoms with van der Waals surface area (Å²) in [4.78, 5) is 77.5. The Labute approximate surface area is 247 Å². The van der Waals surface area contributed by atoms with Crippen LogP contribution in [-0.2, 0) is 51.2 Å². The predicted molar refractivity (Wildman–Crippen MR) is 143 cm³/mol. The van der Waals surface area contributed by atoms with Crippen LogP contribution in [0.1, 0.15) is 29.5 Å². The number of carbonyl (C=O) groups excluding carboxylic acids is 5. The number of hydrogen-bond donors (Lipinski definition) is 5. The number of carboxylic acids is 1. The van der Waals surface area contributed by atoms with Gasteiger partial charge in [-0.3, -0.25) is 19.8 Å². The number of nitrogens with two attached hydrogens (primary N) is 2. The highest BCUT2D eigenvalue weighted by atomic mass is 19.4. The molecule has 2 rings (SSSR count). The Kier molecular flexibility index (Phi) is 12.5. The molecule has 0 aliphatic heterocycles. The molecular weight excluding hydrogens is 595 g/mol. The van der Waals surface area contributed by atoms with Gasteiger partial charge in [-0.1, -0.05) is 54.6 Å². The van der Waals surface area contributed by atoms with Crippen molar-refractivity contribution in [1.29, 1.82) is 5.41 Å². The van der Waals surface area contributed by atoms with Crippen LogP contribution >= 0.6 is 0 Å². The van der Waals surface area contributed by atoms with Crippen LogP contribution in [0.25, 0.3) is 0 Å². The summed E-state index contributed by atoms with van der Waals surface area (Å²) in [7, 11) is 0. The summed E-state index contributed by atoms with van der Waals surface area (Å²) >= 11 is 0. The second kappa shape index (κ2) is 15.8. The predicted octanol–water partition coefficient (Wildman–Crippen LogP) is 0.352. The number of aliphatic carboxylic acids is 1. The fourth-order valence-electron chi connectivity index (χ4n) is 3.52. The maximum absolute atomic E-state index is 13.1. The van der Waals surface area contributed by atoms with E-state index >= 15 is 0 Å². The number of ether oxygens (including phenoxy) is 1. The molecule has 0 heterocycles. The number of amidine groups is 1. The van der Waals surface area contributed by atoms with Crippen molar-refractivity contribution in [2.45, 2.75) is 43.9 Å². The first-order chi connectivity index (χ1) is 20.6. The van der Waals surface area contributed by atoms with Gasteiger partial charge < -0.3 is 31.5 Å². The minimum absolute atomic E-state index is 0.0423. The van der Waals surface area contributed by atoms with Crippen molar-refractivity contribution >= 4 is 41.5 Å². The minimum atomic E-state index is -5.64. The molecule has 0 aliphatic carbocycles. The van der Waals surface area contributed by atoms with E-state index in [1.165, 1.54) is 24.3 Å². The molecular formula is C27H28F3N5O9. The molecule has 0 unspecified atom stereocenters. The monoisotopic (exact) mass is 623 g/mol. The average Bonchev–Trinajstić information content (AvgIpc) is 2.94. The summed E-state index contributed by atoms with van der Waals surface area (Å²) < 4.78 is 43.9. The number of halogens is 3. The zero-order valence-corrected chi connectivity index (χ0v) is 22.8. The van der Waals surface area contributed by atoms with E-state index in [2.05, 4.69) is 14.9 Å². The maximum Gasteiger partial charge on any atom is 0.493 e. The number of nitrogens with zero attached hydrogens (tertiary/aromatic N) is 1.